The average Bonchev–Trinajstić information content (AvgIpc) is 2.65. The third-order valence-electron chi connectivity index (χ3n) is 4.91. The molecular weight excluding hydrogens is 428 g/mol. The van der Waals surface area contributed by atoms with E-state index < -0.39 is 0 Å². The smallest absolute Gasteiger partial charge is 0.261 e. The molecule has 5 nitrogen and oxygen atoms in total. The van der Waals surface area contributed by atoms with Gasteiger partial charge in [0, 0.05) is 29.4 Å². The van der Waals surface area contributed by atoms with Gasteiger partial charge in [-0.1, -0.05) is 40.9 Å². The number of hydrogen-bond donors (Lipinski definition) is 1. The molecule has 2 aliphatic rings. The van der Waals surface area contributed by atoms with Crippen LogP contribution in [0.4, 0.5) is 0 Å². The number of nitrogens with zero attached hydrogens (tertiary/aromatic N) is 1. The van der Waals surface area contributed by atoms with Crippen LogP contribution in [0.25, 0.3) is 6.08 Å². The maximum absolute atomic E-state index is 13.2. The van der Waals surface area contributed by atoms with Crippen LogP contribution in [0.1, 0.15) is 31.2 Å². The molecule has 146 valence electrons. The minimum absolute atomic E-state index is 0.0370. The molecule has 0 bridgehead atoms. The van der Waals surface area contributed by atoms with Crippen LogP contribution in [0.5, 0.6) is 0 Å². The van der Waals surface area contributed by atoms with Gasteiger partial charge in [0.1, 0.15) is 6.54 Å². The van der Waals surface area contributed by atoms with Crippen LogP contribution in [0, 0.1) is 0 Å². The standard InChI is InChI=1S/C20H25BrN2O3S/c1-26-10-9-22-19(24)13-23-16-7-2-3-8-17(16)27-18(20(23)25)12-14-5-4-6-15(21)11-14/h4-6,11-12,16-17H,2-3,7-10,13H2,1H3,(H,22,24)/b18-12+. The molecule has 1 saturated heterocycles. The van der Waals surface area contributed by atoms with Crippen LogP contribution in [0.2, 0.25) is 0 Å². The van der Waals surface area contributed by atoms with Gasteiger partial charge in [-0.05, 0) is 36.6 Å². The largest absolute Gasteiger partial charge is 0.383 e. The topological polar surface area (TPSA) is 58.6 Å². The van der Waals surface area contributed by atoms with Gasteiger partial charge in [-0.3, -0.25) is 9.59 Å². The minimum Gasteiger partial charge on any atom is -0.383 e. The number of benzene rings is 1. The van der Waals surface area contributed by atoms with E-state index >= 15 is 0 Å². The number of carbonyl (C=O) groups excluding carboxylic acids is 2. The second-order valence-corrected chi connectivity index (χ2v) is 9.04. The summed E-state index contributed by atoms with van der Waals surface area (Å²) >= 11 is 5.16. The number of methoxy groups -OCH3 is 1. The Balaban J connectivity index is 1.79. The van der Waals surface area contributed by atoms with Crippen molar-refractivity contribution >= 4 is 45.6 Å². The lowest BCUT2D eigenvalue weighted by molar-refractivity contribution is -0.135. The number of halogens is 1. The lowest BCUT2D eigenvalue weighted by Gasteiger charge is -2.43. The van der Waals surface area contributed by atoms with E-state index in [-0.39, 0.29) is 24.4 Å². The first kappa shape index (κ1) is 20.4. The molecule has 1 aliphatic heterocycles. The molecule has 3 rings (SSSR count). The molecule has 7 heteroatoms. The molecule has 0 aromatic heterocycles. The van der Waals surface area contributed by atoms with Gasteiger partial charge in [-0.2, -0.15) is 0 Å². The number of nitrogens with one attached hydrogen (secondary N) is 1. The van der Waals surface area contributed by atoms with Crippen molar-refractivity contribution < 1.29 is 14.3 Å². The van der Waals surface area contributed by atoms with Gasteiger partial charge in [0.25, 0.3) is 5.91 Å². The summed E-state index contributed by atoms with van der Waals surface area (Å²) in [5, 5.41) is 3.19. The highest BCUT2D eigenvalue weighted by molar-refractivity contribution is 9.10. The molecule has 2 unspecified atom stereocenters. The molecule has 1 saturated carbocycles. The summed E-state index contributed by atoms with van der Waals surface area (Å²) in [7, 11) is 1.60. The first-order chi connectivity index (χ1) is 13.1. The Morgan fingerprint density at radius 1 is 1.41 bits per heavy atom. The number of fused-ring (bicyclic) bond motifs is 1. The van der Waals surface area contributed by atoms with Gasteiger partial charge in [0.05, 0.1) is 11.5 Å². The van der Waals surface area contributed by atoms with E-state index in [0.29, 0.717) is 18.4 Å². The fourth-order valence-electron chi connectivity index (χ4n) is 3.61. The molecular formula is C20H25BrN2O3S. The molecule has 1 heterocycles. The highest BCUT2D eigenvalue weighted by Gasteiger charge is 2.41. The lowest BCUT2D eigenvalue weighted by Crippen LogP contribution is -2.54. The van der Waals surface area contributed by atoms with E-state index in [0.717, 1.165) is 34.2 Å². The number of thioether (sulfide) groups is 1. The fourth-order valence-corrected chi connectivity index (χ4v) is 5.50. The summed E-state index contributed by atoms with van der Waals surface area (Å²) in [6.45, 7) is 1.04. The number of carbonyl (C=O) groups is 2. The third kappa shape index (κ3) is 5.36. The molecule has 27 heavy (non-hydrogen) atoms. The Kier molecular flexibility index (Phi) is 7.38. The molecule has 1 N–H and O–H groups in total. The van der Waals surface area contributed by atoms with Crippen LogP contribution in [0.15, 0.2) is 33.6 Å². The lowest BCUT2D eigenvalue weighted by atomic mass is 9.93. The van der Waals surface area contributed by atoms with E-state index in [4.69, 9.17) is 4.74 Å². The van der Waals surface area contributed by atoms with Gasteiger partial charge < -0.3 is 15.0 Å². The maximum Gasteiger partial charge on any atom is 0.261 e. The SMILES string of the molecule is COCCNC(=O)CN1C(=O)/C(=C\c2cccc(Br)c2)SC2CCCCC21. The van der Waals surface area contributed by atoms with Crippen molar-refractivity contribution in [2.75, 3.05) is 26.8 Å². The normalized spacial score (nSPS) is 24.0. The Hall–Kier alpha value is -1.31. The van der Waals surface area contributed by atoms with Crippen LogP contribution < -0.4 is 5.32 Å². The number of amides is 2. The Labute approximate surface area is 173 Å². The zero-order valence-corrected chi connectivity index (χ0v) is 17.9. The minimum atomic E-state index is -0.126. The number of rotatable bonds is 6. The van der Waals surface area contributed by atoms with Crippen LogP contribution >= 0.6 is 27.7 Å². The molecule has 0 spiro atoms. The first-order valence-electron chi connectivity index (χ1n) is 9.29. The second-order valence-electron chi connectivity index (χ2n) is 6.85. The van der Waals surface area contributed by atoms with Crippen LogP contribution in [-0.2, 0) is 14.3 Å². The monoisotopic (exact) mass is 452 g/mol. The predicted octanol–water partition coefficient (Wildman–Crippen LogP) is 3.44. The van der Waals surface area contributed by atoms with Crippen molar-refractivity contribution in [2.45, 2.75) is 37.0 Å². The molecule has 2 atom stereocenters. The zero-order valence-electron chi connectivity index (χ0n) is 15.4. The van der Waals surface area contributed by atoms with Gasteiger partial charge in [0.15, 0.2) is 0 Å². The van der Waals surface area contributed by atoms with E-state index in [1.54, 1.807) is 23.8 Å². The number of ether oxygens (including phenoxy) is 1. The van der Waals surface area contributed by atoms with Crippen molar-refractivity contribution in [3.8, 4) is 0 Å². The van der Waals surface area contributed by atoms with E-state index in [1.165, 1.54) is 6.42 Å². The third-order valence-corrected chi connectivity index (χ3v) is 6.80. The molecule has 1 aliphatic carbocycles. The molecule has 2 fully saturated rings. The fraction of sp³-hybridized carbons (Fsp3) is 0.500. The van der Waals surface area contributed by atoms with E-state index in [2.05, 4.69) is 21.2 Å². The Morgan fingerprint density at radius 3 is 3.00 bits per heavy atom. The van der Waals surface area contributed by atoms with Crippen molar-refractivity contribution in [3.05, 3.63) is 39.2 Å². The quantitative estimate of drug-likeness (QED) is 0.530. The Morgan fingerprint density at radius 2 is 2.22 bits per heavy atom. The van der Waals surface area contributed by atoms with E-state index in [9.17, 15) is 9.59 Å². The summed E-state index contributed by atoms with van der Waals surface area (Å²) in [6, 6.07) is 8.05. The maximum atomic E-state index is 13.2. The Bertz CT molecular complexity index is 725. The van der Waals surface area contributed by atoms with Crippen molar-refractivity contribution in [2.24, 2.45) is 0 Å². The van der Waals surface area contributed by atoms with Crippen molar-refractivity contribution in [1.29, 1.82) is 0 Å². The number of hydrogen-bond acceptors (Lipinski definition) is 4. The molecule has 0 radical (unpaired) electrons. The van der Waals surface area contributed by atoms with Crippen molar-refractivity contribution in [3.63, 3.8) is 0 Å². The second kappa shape index (κ2) is 9.75. The molecule has 2 amide bonds. The first-order valence-corrected chi connectivity index (χ1v) is 11.0. The van der Waals surface area contributed by atoms with Gasteiger partial charge in [-0.15, -0.1) is 11.8 Å². The summed E-state index contributed by atoms with van der Waals surface area (Å²) in [4.78, 5) is 28.0. The van der Waals surface area contributed by atoms with E-state index in [1.807, 2.05) is 30.3 Å². The summed E-state index contributed by atoms with van der Waals surface area (Å²) in [5.41, 5.74) is 0.985. The van der Waals surface area contributed by atoms with Gasteiger partial charge in [-0.25, -0.2) is 0 Å². The summed E-state index contributed by atoms with van der Waals surface area (Å²) < 4.78 is 5.95. The molecule has 1 aromatic carbocycles. The predicted molar refractivity (Wildman–Crippen MR) is 112 cm³/mol. The highest BCUT2D eigenvalue weighted by atomic mass is 79.9. The van der Waals surface area contributed by atoms with Gasteiger partial charge >= 0.3 is 0 Å². The van der Waals surface area contributed by atoms with Crippen LogP contribution in [0.3, 0.4) is 0 Å². The average molecular weight is 453 g/mol. The summed E-state index contributed by atoms with van der Waals surface area (Å²) in [5.74, 6) is -0.163. The van der Waals surface area contributed by atoms with Gasteiger partial charge in [0.2, 0.25) is 5.91 Å². The summed E-state index contributed by atoms with van der Waals surface area (Å²) in [6.07, 6.45) is 6.29. The molecule has 1 aromatic rings. The zero-order chi connectivity index (χ0) is 19.2. The van der Waals surface area contributed by atoms with Crippen LogP contribution in [-0.4, -0.2) is 54.8 Å². The highest BCUT2D eigenvalue weighted by Crippen LogP contribution is 2.42. The van der Waals surface area contributed by atoms with Crippen molar-refractivity contribution in [1.82, 2.24) is 10.2 Å².